The Balaban J connectivity index is 1.61. The van der Waals surface area contributed by atoms with Gasteiger partial charge in [0.2, 0.25) is 5.95 Å². The number of nitrogens with zero attached hydrogens (tertiary/aromatic N) is 2. The Morgan fingerprint density at radius 3 is 1.54 bits per heavy atom. The predicted molar refractivity (Wildman–Crippen MR) is 141 cm³/mol. The maximum atomic E-state index is 14.4. The molecule has 4 N–H and O–H groups in total. The molecule has 0 aliphatic heterocycles. The molecule has 1 heterocycles. The molecular formula is C26H31FN6O4. The van der Waals surface area contributed by atoms with Gasteiger partial charge >= 0.3 is 12.2 Å². The lowest BCUT2D eigenvalue weighted by Gasteiger charge is -2.19. The first-order chi connectivity index (χ1) is 17.3. The number of benzene rings is 2. The van der Waals surface area contributed by atoms with E-state index < -0.39 is 29.2 Å². The van der Waals surface area contributed by atoms with Crippen molar-refractivity contribution in [2.24, 2.45) is 0 Å². The summed E-state index contributed by atoms with van der Waals surface area (Å²) in [4.78, 5) is 32.0. The zero-order chi connectivity index (χ0) is 27.2. The Hall–Kier alpha value is -4.41. The van der Waals surface area contributed by atoms with Crippen molar-refractivity contribution in [1.82, 2.24) is 9.97 Å². The number of rotatable bonds is 6. The minimum Gasteiger partial charge on any atom is -0.444 e. The van der Waals surface area contributed by atoms with Gasteiger partial charge in [0.1, 0.15) is 11.2 Å². The SMILES string of the molecule is CC(C)(C)OC(=O)Nc1ccc(Nc2ncc(F)c(Nc3ccc(NC(=O)OC(C)(C)C)cc3)n2)cc1. The number of ether oxygens (including phenoxy) is 2. The molecule has 0 fully saturated rings. The van der Waals surface area contributed by atoms with Crippen molar-refractivity contribution in [3.63, 3.8) is 0 Å². The number of nitrogens with one attached hydrogen (secondary N) is 4. The molecule has 11 heteroatoms. The van der Waals surface area contributed by atoms with E-state index in [1.165, 1.54) is 0 Å². The third kappa shape index (κ3) is 9.28. The van der Waals surface area contributed by atoms with Gasteiger partial charge in [0.15, 0.2) is 11.6 Å². The minimum atomic E-state index is -0.640. The maximum absolute atomic E-state index is 14.4. The Bertz CT molecular complexity index is 1240. The van der Waals surface area contributed by atoms with Gasteiger partial charge in [0.25, 0.3) is 0 Å². The van der Waals surface area contributed by atoms with Crippen molar-refractivity contribution < 1.29 is 23.5 Å². The summed E-state index contributed by atoms with van der Waals surface area (Å²) < 4.78 is 24.8. The Labute approximate surface area is 215 Å². The van der Waals surface area contributed by atoms with Crippen LogP contribution in [-0.2, 0) is 9.47 Å². The van der Waals surface area contributed by atoms with Crippen LogP contribution in [0.4, 0.5) is 48.5 Å². The van der Waals surface area contributed by atoms with E-state index >= 15 is 0 Å². The van der Waals surface area contributed by atoms with Crippen LogP contribution in [0.2, 0.25) is 0 Å². The highest BCUT2D eigenvalue weighted by Crippen LogP contribution is 2.23. The van der Waals surface area contributed by atoms with Gasteiger partial charge in [0, 0.05) is 22.7 Å². The van der Waals surface area contributed by atoms with Gasteiger partial charge < -0.3 is 20.1 Å². The highest BCUT2D eigenvalue weighted by atomic mass is 19.1. The van der Waals surface area contributed by atoms with E-state index in [9.17, 15) is 14.0 Å². The van der Waals surface area contributed by atoms with Crippen LogP contribution in [0, 0.1) is 5.82 Å². The lowest BCUT2D eigenvalue weighted by atomic mass is 10.2. The molecule has 0 radical (unpaired) electrons. The number of aromatic nitrogens is 2. The molecule has 1 aromatic heterocycles. The van der Waals surface area contributed by atoms with Crippen LogP contribution >= 0.6 is 0 Å². The second-order valence-corrected chi connectivity index (χ2v) is 10.0. The van der Waals surface area contributed by atoms with Crippen molar-refractivity contribution in [2.45, 2.75) is 52.7 Å². The highest BCUT2D eigenvalue weighted by Gasteiger charge is 2.17. The number of anilines is 6. The van der Waals surface area contributed by atoms with Gasteiger partial charge in [-0.2, -0.15) is 4.98 Å². The largest absolute Gasteiger partial charge is 0.444 e. The van der Waals surface area contributed by atoms with E-state index in [1.807, 2.05) is 0 Å². The maximum Gasteiger partial charge on any atom is 0.412 e. The van der Waals surface area contributed by atoms with Crippen molar-refractivity contribution in [1.29, 1.82) is 0 Å². The van der Waals surface area contributed by atoms with Crippen LogP contribution in [0.5, 0.6) is 0 Å². The molecule has 0 unspecified atom stereocenters. The Morgan fingerprint density at radius 1 is 0.703 bits per heavy atom. The summed E-state index contributed by atoms with van der Waals surface area (Å²) in [5.41, 5.74) is 1.04. The summed E-state index contributed by atoms with van der Waals surface area (Å²) in [6.45, 7) is 10.7. The molecule has 37 heavy (non-hydrogen) atoms. The molecule has 0 bridgehead atoms. The fraction of sp³-hybridized carbons (Fsp3) is 0.308. The molecule has 3 rings (SSSR count). The van der Waals surface area contributed by atoms with Crippen molar-refractivity contribution in [2.75, 3.05) is 21.3 Å². The van der Waals surface area contributed by atoms with Gasteiger partial charge in [-0.1, -0.05) is 0 Å². The normalized spacial score (nSPS) is 11.3. The fourth-order valence-corrected chi connectivity index (χ4v) is 2.90. The monoisotopic (exact) mass is 510 g/mol. The standard InChI is InChI=1S/C26H31FN6O4/c1-25(2,3)36-23(34)31-18-11-7-16(8-12-18)29-21-20(27)15-28-22(33-21)30-17-9-13-19(14-10-17)32-24(35)37-26(4,5)6/h7-15H,1-6H3,(H,31,34)(H,32,35)(H2,28,29,30,33). The third-order valence-electron chi connectivity index (χ3n) is 4.32. The molecule has 10 nitrogen and oxygen atoms in total. The van der Waals surface area contributed by atoms with Crippen LogP contribution in [0.3, 0.4) is 0 Å². The van der Waals surface area contributed by atoms with Crippen LogP contribution in [0.1, 0.15) is 41.5 Å². The molecule has 2 amide bonds. The van der Waals surface area contributed by atoms with Crippen LogP contribution in [0.25, 0.3) is 0 Å². The molecule has 0 aliphatic rings. The molecule has 0 spiro atoms. The third-order valence-corrected chi connectivity index (χ3v) is 4.32. The van der Waals surface area contributed by atoms with E-state index in [0.29, 0.717) is 22.7 Å². The average Bonchev–Trinajstić information content (AvgIpc) is 2.76. The van der Waals surface area contributed by atoms with Gasteiger partial charge in [-0.25, -0.2) is 19.0 Å². The van der Waals surface area contributed by atoms with Crippen LogP contribution in [-0.4, -0.2) is 33.4 Å². The summed E-state index contributed by atoms with van der Waals surface area (Å²) >= 11 is 0. The number of hydrogen-bond donors (Lipinski definition) is 4. The zero-order valence-electron chi connectivity index (χ0n) is 21.6. The van der Waals surface area contributed by atoms with Crippen LogP contribution in [0.15, 0.2) is 54.7 Å². The lowest BCUT2D eigenvalue weighted by Crippen LogP contribution is -2.27. The number of amides is 2. The van der Waals surface area contributed by atoms with Crippen molar-refractivity contribution in [3.05, 3.63) is 60.5 Å². The zero-order valence-corrected chi connectivity index (χ0v) is 21.6. The highest BCUT2D eigenvalue weighted by molar-refractivity contribution is 5.86. The van der Waals surface area contributed by atoms with Gasteiger partial charge in [-0.3, -0.25) is 10.6 Å². The van der Waals surface area contributed by atoms with Crippen LogP contribution < -0.4 is 21.3 Å². The van der Waals surface area contributed by atoms with Crippen molar-refractivity contribution in [3.8, 4) is 0 Å². The van der Waals surface area contributed by atoms with Crippen molar-refractivity contribution >= 4 is 46.7 Å². The van der Waals surface area contributed by atoms with Gasteiger partial charge in [-0.15, -0.1) is 0 Å². The summed E-state index contributed by atoms with van der Waals surface area (Å²) in [7, 11) is 0. The minimum absolute atomic E-state index is 0.0337. The molecule has 0 saturated carbocycles. The fourth-order valence-electron chi connectivity index (χ4n) is 2.90. The quantitative estimate of drug-likeness (QED) is 0.285. The second kappa shape index (κ2) is 11.1. The number of halogens is 1. The van der Waals surface area contributed by atoms with E-state index in [2.05, 4.69) is 31.2 Å². The number of carbonyl (C=O) groups excluding carboxylic acids is 2. The first kappa shape index (κ1) is 27.2. The predicted octanol–water partition coefficient (Wildman–Crippen LogP) is 6.80. The average molecular weight is 511 g/mol. The van der Waals surface area contributed by atoms with Gasteiger partial charge in [-0.05, 0) is 90.1 Å². The molecule has 0 saturated heterocycles. The van der Waals surface area contributed by atoms with E-state index in [4.69, 9.17) is 9.47 Å². The van der Waals surface area contributed by atoms with E-state index in [0.717, 1.165) is 6.20 Å². The van der Waals surface area contributed by atoms with Gasteiger partial charge in [0.05, 0.1) is 6.20 Å². The molecule has 0 atom stereocenters. The molecular weight excluding hydrogens is 479 g/mol. The van der Waals surface area contributed by atoms with E-state index in [1.54, 1.807) is 90.1 Å². The number of carbonyl (C=O) groups is 2. The lowest BCUT2D eigenvalue weighted by molar-refractivity contribution is 0.0624. The smallest absolute Gasteiger partial charge is 0.412 e. The first-order valence-corrected chi connectivity index (χ1v) is 11.5. The molecule has 3 aromatic rings. The van der Waals surface area contributed by atoms with E-state index in [-0.39, 0.29) is 11.8 Å². The molecule has 2 aromatic carbocycles. The Kier molecular flexibility index (Phi) is 8.16. The number of hydrogen-bond acceptors (Lipinski definition) is 8. The second-order valence-electron chi connectivity index (χ2n) is 10.0. The Morgan fingerprint density at radius 2 is 1.11 bits per heavy atom. The summed E-state index contributed by atoms with van der Waals surface area (Å²) in [6.07, 6.45) is -0.0759. The topological polar surface area (TPSA) is 126 Å². The first-order valence-electron chi connectivity index (χ1n) is 11.5. The molecule has 0 aliphatic carbocycles. The molecule has 196 valence electrons. The summed E-state index contributed by atoms with van der Waals surface area (Å²) in [5.74, 6) is -0.507. The summed E-state index contributed by atoms with van der Waals surface area (Å²) in [5, 5.41) is 11.2. The summed E-state index contributed by atoms with van der Waals surface area (Å²) in [6, 6.07) is 13.4.